The zero-order valence-corrected chi connectivity index (χ0v) is 10.8. The Kier molecular flexibility index (Phi) is 3.49. The van der Waals surface area contributed by atoms with E-state index in [-0.39, 0.29) is 6.04 Å². The maximum atomic E-state index is 11.5. The van der Waals surface area contributed by atoms with E-state index in [0.717, 1.165) is 6.26 Å². The van der Waals surface area contributed by atoms with Crippen molar-refractivity contribution in [3.63, 3.8) is 0 Å². The van der Waals surface area contributed by atoms with Gasteiger partial charge in [0.2, 0.25) is 10.0 Å². The number of hydrogen-bond donors (Lipinski definition) is 1. The van der Waals surface area contributed by atoms with Gasteiger partial charge in [0.25, 0.3) is 0 Å². The van der Waals surface area contributed by atoms with Crippen LogP contribution < -0.4 is 4.72 Å². The molecule has 0 spiro atoms. The number of sulfonamides is 1. The molecule has 0 aliphatic carbocycles. The lowest BCUT2D eigenvalue weighted by Gasteiger charge is -2.39. The van der Waals surface area contributed by atoms with E-state index >= 15 is 0 Å². The maximum absolute atomic E-state index is 11.5. The van der Waals surface area contributed by atoms with E-state index in [2.05, 4.69) is 4.72 Å². The van der Waals surface area contributed by atoms with Gasteiger partial charge >= 0.3 is 6.09 Å². The number of likely N-dealkylation sites (tertiary alicyclic amines) is 1. The van der Waals surface area contributed by atoms with E-state index in [9.17, 15) is 13.2 Å². The summed E-state index contributed by atoms with van der Waals surface area (Å²) in [6, 6.07) is -0.192. The predicted molar refractivity (Wildman–Crippen MR) is 59.6 cm³/mol. The fourth-order valence-electron chi connectivity index (χ4n) is 1.33. The van der Waals surface area contributed by atoms with Gasteiger partial charge in [0.05, 0.1) is 12.3 Å². The summed E-state index contributed by atoms with van der Waals surface area (Å²) in [4.78, 5) is 12.9. The number of hydrogen-bond acceptors (Lipinski definition) is 4. The summed E-state index contributed by atoms with van der Waals surface area (Å²) in [6.07, 6.45) is 0.697. The normalized spacial score (nSPS) is 18.1. The van der Waals surface area contributed by atoms with Crippen molar-refractivity contribution < 1.29 is 17.9 Å². The van der Waals surface area contributed by atoms with Crippen molar-refractivity contribution in [1.82, 2.24) is 9.62 Å². The molecule has 1 heterocycles. The van der Waals surface area contributed by atoms with Crippen LogP contribution in [-0.2, 0) is 14.8 Å². The number of nitrogens with zero attached hydrogens (tertiary/aromatic N) is 1. The second kappa shape index (κ2) is 4.21. The largest absolute Gasteiger partial charge is 0.444 e. The average molecular weight is 250 g/mol. The maximum Gasteiger partial charge on any atom is 0.410 e. The van der Waals surface area contributed by atoms with Crippen LogP contribution in [0.25, 0.3) is 0 Å². The highest BCUT2D eigenvalue weighted by molar-refractivity contribution is 7.88. The third-order valence-electron chi connectivity index (χ3n) is 1.91. The van der Waals surface area contributed by atoms with Gasteiger partial charge in [-0.05, 0) is 20.8 Å². The van der Waals surface area contributed by atoms with Crippen molar-refractivity contribution >= 4 is 16.1 Å². The molecule has 1 aliphatic rings. The first kappa shape index (κ1) is 13.2. The first-order chi connectivity index (χ1) is 7.07. The highest BCUT2D eigenvalue weighted by Crippen LogP contribution is 2.15. The molecule has 6 nitrogen and oxygen atoms in total. The predicted octanol–water partition coefficient (Wildman–Crippen LogP) is 0.155. The third-order valence-corrected chi connectivity index (χ3v) is 2.68. The lowest BCUT2D eigenvalue weighted by Crippen LogP contribution is -2.61. The lowest BCUT2D eigenvalue weighted by atomic mass is 10.1. The van der Waals surface area contributed by atoms with Crippen molar-refractivity contribution in [2.24, 2.45) is 0 Å². The molecule has 16 heavy (non-hydrogen) atoms. The van der Waals surface area contributed by atoms with Crippen molar-refractivity contribution in [1.29, 1.82) is 0 Å². The van der Waals surface area contributed by atoms with Gasteiger partial charge in [0.15, 0.2) is 0 Å². The molecule has 94 valence electrons. The smallest absolute Gasteiger partial charge is 0.410 e. The van der Waals surface area contributed by atoms with Crippen molar-refractivity contribution in [2.45, 2.75) is 32.4 Å². The summed E-state index contributed by atoms with van der Waals surface area (Å²) in [5, 5.41) is 0. The van der Waals surface area contributed by atoms with Gasteiger partial charge in [0.1, 0.15) is 5.60 Å². The number of amides is 1. The van der Waals surface area contributed by atoms with Gasteiger partial charge in [-0.15, -0.1) is 0 Å². The Hall–Kier alpha value is -0.820. The lowest BCUT2D eigenvalue weighted by molar-refractivity contribution is 0.00739. The van der Waals surface area contributed by atoms with E-state index in [0.29, 0.717) is 13.1 Å². The average Bonchev–Trinajstić information content (AvgIpc) is 1.89. The molecule has 1 aliphatic heterocycles. The SMILES string of the molecule is CC(C)(C)OC(=O)N1CC(NS(C)(=O)=O)C1. The fourth-order valence-corrected chi connectivity index (χ4v) is 2.09. The molecule has 0 radical (unpaired) electrons. The molecular weight excluding hydrogens is 232 g/mol. The summed E-state index contributed by atoms with van der Waals surface area (Å²) in [7, 11) is -3.20. The molecule has 0 unspecified atom stereocenters. The minimum Gasteiger partial charge on any atom is -0.444 e. The molecule has 1 saturated heterocycles. The van der Waals surface area contributed by atoms with Crippen LogP contribution in [0.15, 0.2) is 0 Å². The van der Waals surface area contributed by atoms with Crippen LogP contribution in [0, 0.1) is 0 Å². The first-order valence-electron chi connectivity index (χ1n) is 5.02. The summed E-state index contributed by atoms with van der Waals surface area (Å²) in [6.45, 7) is 6.09. The van der Waals surface area contributed by atoms with Gasteiger partial charge in [-0.2, -0.15) is 0 Å². The molecule has 1 rings (SSSR count). The van der Waals surface area contributed by atoms with Gasteiger partial charge < -0.3 is 9.64 Å². The highest BCUT2D eigenvalue weighted by atomic mass is 32.2. The standard InChI is InChI=1S/C9H18N2O4S/c1-9(2,3)15-8(12)11-5-7(6-11)10-16(4,13)14/h7,10H,5-6H2,1-4H3. The summed E-state index contributed by atoms with van der Waals surface area (Å²) < 4.78 is 29.3. The zero-order valence-electron chi connectivity index (χ0n) is 9.98. The monoisotopic (exact) mass is 250 g/mol. The van der Waals surface area contributed by atoms with Crippen molar-refractivity contribution in [3.05, 3.63) is 0 Å². The van der Waals surface area contributed by atoms with E-state index in [1.54, 1.807) is 20.8 Å². The van der Waals surface area contributed by atoms with Crippen LogP contribution in [0.3, 0.4) is 0 Å². The minimum absolute atomic E-state index is 0.192. The number of ether oxygens (including phenoxy) is 1. The summed E-state index contributed by atoms with van der Waals surface area (Å²) in [5.74, 6) is 0. The van der Waals surface area contributed by atoms with Crippen LogP contribution >= 0.6 is 0 Å². The van der Waals surface area contributed by atoms with E-state index in [1.807, 2.05) is 0 Å². The highest BCUT2D eigenvalue weighted by Gasteiger charge is 2.34. The topological polar surface area (TPSA) is 75.7 Å². The second-order valence-electron chi connectivity index (χ2n) is 4.97. The van der Waals surface area contributed by atoms with Gasteiger partial charge in [-0.3, -0.25) is 0 Å². The molecule has 0 aromatic heterocycles. The van der Waals surface area contributed by atoms with Gasteiger partial charge in [-0.1, -0.05) is 0 Å². The number of carbonyl (C=O) groups excluding carboxylic acids is 1. The molecule has 1 N–H and O–H groups in total. The van der Waals surface area contributed by atoms with Crippen LogP contribution in [-0.4, -0.2) is 50.4 Å². The first-order valence-corrected chi connectivity index (χ1v) is 6.91. The Labute approximate surface area is 96.0 Å². The van der Waals surface area contributed by atoms with Crippen LogP contribution in [0.4, 0.5) is 4.79 Å². The Bertz CT molecular complexity index is 365. The summed E-state index contributed by atoms with van der Waals surface area (Å²) in [5.41, 5.74) is -0.521. The van der Waals surface area contributed by atoms with Crippen LogP contribution in [0.1, 0.15) is 20.8 Å². The molecule has 0 aromatic rings. The van der Waals surface area contributed by atoms with E-state index < -0.39 is 21.7 Å². The molecule has 0 bridgehead atoms. The van der Waals surface area contributed by atoms with Crippen molar-refractivity contribution in [3.8, 4) is 0 Å². The van der Waals surface area contributed by atoms with Crippen molar-refractivity contribution in [2.75, 3.05) is 19.3 Å². The fraction of sp³-hybridized carbons (Fsp3) is 0.889. The quantitative estimate of drug-likeness (QED) is 0.757. The summed E-state index contributed by atoms with van der Waals surface area (Å²) >= 11 is 0. The number of carbonyl (C=O) groups is 1. The minimum atomic E-state index is -3.20. The molecule has 0 saturated carbocycles. The Morgan fingerprint density at radius 1 is 1.38 bits per heavy atom. The van der Waals surface area contributed by atoms with E-state index in [1.165, 1.54) is 4.90 Å². The van der Waals surface area contributed by atoms with Crippen LogP contribution in [0.2, 0.25) is 0 Å². The molecule has 0 aromatic carbocycles. The van der Waals surface area contributed by atoms with E-state index in [4.69, 9.17) is 4.74 Å². The molecular formula is C9H18N2O4S. The number of rotatable bonds is 2. The number of nitrogens with one attached hydrogen (secondary N) is 1. The third kappa shape index (κ3) is 4.36. The zero-order chi connectivity index (χ0) is 12.6. The molecule has 1 fully saturated rings. The second-order valence-corrected chi connectivity index (χ2v) is 6.75. The Morgan fingerprint density at radius 2 is 1.88 bits per heavy atom. The van der Waals surface area contributed by atoms with Gasteiger partial charge in [0, 0.05) is 13.1 Å². The Balaban J connectivity index is 2.34. The Morgan fingerprint density at radius 3 is 2.25 bits per heavy atom. The van der Waals surface area contributed by atoms with Crippen LogP contribution in [0.5, 0.6) is 0 Å². The van der Waals surface area contributed by atoms with Gasteiger partial charge in [-0.25, -0.2) is 17.9 Å². The molecule has 7 heteroatoms. The molecule has 1 amide bonds. The molecule has 0 atom stereocenters.